The van der Waals surface area contributed by atoms with Gasteiger partial charge in [-0.2, -0.15) is 0 Å². The van der Waals surface area contributed by atoms with Gasteiger partial charge in [0.2, 0.25) is 0 Å². The van der Waals surface area contributed by atoms with E-state index in [1.807, 2.05) is 32.7 Å². The van der Waals surface area contributed by atoms with Crippen LogP contribution in [0, 0.1) is 0 Å². The Kier molecular flexibility index (Phi) is 4.82. The molecule has 1 N–H and O–H groups in total. The second kappa shape index (κ2) is 7.00. The molecule has 6 nitrogen and oxygen atoms in total. The molecular weight excluding hydrogens is 278 g/mol. The zero-order chi connectivity index (χ0) is 15.4. The van der Waals surface area contributed by atoms with Crippen LogP contribution in [0.1, 0.15) is 23.2 Å². The van der Waals surface area contributed by atoms with Gasteiger partial charge < -0.3 is 14.6 Å². The van der Waals surface area contributed by atoms with Crippen molar-refractivity contribution in [3.63, 3.8) is 0 Å². The van der Waals surface area contributed by atoms with Gasteiger partial charge in [-0.15, -0.1) is 0 Å². The number of aromatic nitrogens is 3. The summed E-state index contributed by atoms with van der Waals surface area (Å²) < 4.78 is 5.89. The number of ether oxygens (including phenoxy) is 1. The Labute approximate surface area is 131 Å². The lowest BCUT2D eigenvalue weighted by atomic mass is 10.2. The number of nitrogens with one attached hydrogen (secondary N) is 1. The molecule has 2 aromatic rings. The average molecular weight is 301 g/mol. The predicted molar refractivity (Wildman–Crippen MR) is 84.2 cm³/mol. The van der Waals surface area contributed by atoms with Crippen molar-refractivity contribution in [2.75, 3.05) is 33.8 Å². The Morgan fingerprint density at radius 2 is 2.18 bits per heavy atom. The number of aromatic amines is 1. The molecule has 1 atom stereocenters. The van der Waals surface area contributed by atoms with Crippen LogP contribution in [0.15, 0.2) is 30.7 Å². The zero-order valence-electron chi connectivity index (χ0n) is 13.2. The fourth-order valence-electron chi connectivity index (χ4n) is 2.72. The minimum atomic E-state index is 0.0199. The normalized spacial score (nSPS) is 19.7. The summed E-state index contributed by atoms with van der Waals surface area (Å²) in [5.41, 5.74) is 2.40. The van der Waals surface area contributed by atoms with E-state index in [9.17, 15) is 0 Å². The Hall–Kier alpha value is -1.76. The quantitative estimate of drug-likeness (QED) is 0.905. The van der Waals surface area contributed by atoms with Crippen LogP contribution in [0.3, 0.4) is 0 Å². The van der Waals surface area contributed by atoms with E-state index in [2.05, 4.69) is 36.9 Å². The molecule has 0 radical (unpaired) electrons. The van der Waals surface area contributed by atoms with Crippen molar-refractivity contribution in [1.82, 2.24) is 24.8 Å². The van der Waals surface area contributed by atoms with E-state index >= 15 is 0 Å². The molecule has 0 unspecified atom stereocenters. The van der Waals surface area contributed by atoms with E-state index in [1.165, 1.54) is 5.56 Å². The summed E-state index contributed by atoms with van der Waals surface area (Å²) in [7, 11) is 4.10. The highest BCUT2D eigenvalue weighted by atomic mass is 16.5. The van der Waals surface area contributed by atoms with Gasteiger partial charge in [-0.1, -0.05) is 0 Å². The molecule has 0 aromatic carbocycles. The second-order valence-electron chi connectivity index (χ2n) is 5.98. The summed E-state index contributed by atoms with van der Waals surface area (Å²) in [6, 6.07) is 4.12. The molecule has 0 amide bonds. The fraction of sp³-hybridized carbons (Fsp3) is 0.500. The standard InChI is InChI=1S/C16H23N5O/c1-20(2)11-14-9-18-16(19-14)15-12-21(7-8-22-15)10-13-3-5-17-6-4-13/h3-6,9,15H,7-8,10-12H2,1-2H3,(H,18,19)/t15-/m1/s1. The summed E-state index contributed by atoms with van der Waals surface area (Å²) in [5, 5.41) is 0. The van der Waals surface area contributed by atoms with E-state index < -0.39 is 0 Å². The number of nitrogens with zero attached hydrogens (tertiary/aromatic N) is 4. The minimum absolute atomic E-state index is 0.0199. The first-order valence-electron chi connectivity index (χ1n) is 7.62. The van der Waals surface area contributed by atoms with Gasteiger partial charge in [0.1, 0.15) is 11.9 Å². The highest BCUT2D eigenvalue weighted by Crippen LogP contribution is 2.21. The lowest BCUT2D eigenvalue weighted by Crippen LogP contribution is -2.38. The molecule has 3 heterocycles. The Morgan fingerprint density at radius 1 is 1.36 bits per heavy atom. The first kappa shape index (κ1) is 15.1. The van der Waals surface area contributed by atoms with E-state index in [0.29, 0.717) is 0 Å². The van der Waals surface area contributed by atoms with Crippen LogP contribution in [-0.2, 0) is 17.8 Å². The molecule has 2 aromatic heterocycles. The van der Waals surface area contributed by atoms with E-state index in [1.54, 1.807) is 0 Å². The van der Waals surface area contributed by atoms with Gasteiger partial charge in [-0.25, -0.2) is 4.98 Å². The zero-order valence-corrected chi connectivity index (χ0v) is 13.2. The Bertz CT molecular complexity index is 583. The topological polar surface area (TPSA) is 57.3 Å². The molecule has 0 aliphatic carbocycles. The summed E-state index contributed by atoms with van der Waals surface area (Å²) in [6.45, 7) is 4.33. The molecule has 118 valence electrons. The smallest absolute Gasteiger partial charge is 0.136 e. The van der Waals surface area contributed by atoms with Crippen molar-refractivity contribution in [1.29, 1.82) is 0 Å². The number of pyridine rings is 1. The number of morpholine rings is 1. The number of rotatable bonds is 5. The van der Waals surface area contributed by atoms with Crippen LogP contribution in [0.4, 0.5) is 0 Å². The maximum atomic E-state index is 5.89. The largest absolute Gasteiger partial charge is 0.368 e. The fourth-order valence-corrected chi connectivity index (χ4v) is 2.72. The van der Waals surface area contributed by atoms with Crippen molar-refractivity contribution >= 4 is 0 Å². The van der Waals surface area contributed by atoms with Crippen LogP contribution in [0.25, 0.3) is 0 Å². The molecule has 3 rings (SSSR count). The number of hydrogen-bond donors (Lipinski definition) is 1. The third kappa shape index (κ3) is 3.91. The Balaban J connectivity index is 1.61. The van der Waals surface area contributed by atoms with Gasteiger partial charge in [0.05, 0.1) is 6.61 Å². The first-order valence-corrected chi connectivity index (χ1v) is 7.62. The molecule has 1 saturated heterocycles. The van der Waals surface area contributed by atoms with Crippen molar-refractivity contribution in [2.45, 2.75) is 19.2 Å². The van der Waals surface area contributed by atoms with Crippen LogP contribution in [0.2, 0.25) is 0 Å². The lowest BCUT2D eigenvalue weighted by Gasteiger charge is -2.32. The third-order valence-corrected chi connectivity index (χ3v) is 3.75. The number of H-pyrrole nitrogens is 1. The minimum Gasteiger partial charge on any atom is -0.368 e. The van der Waals surface area contributed by atoms with Crippen LogP contribution >= 0.6 is 0 Å². The van der Waals surface area contributed by atoms with Gasteiger partial charge in [0, 0.05) is 50.5 Å². The van der Waals surface area contributed by atoms with Crippen molar-refractivity contribution < 1.29 is 4.74 Å². The van der Waals surface area contributed by atoms with Gasteiger partial charge in [-0.05, 0) is 31.8 Å². The molecule has 0 spiro atoms. The van der Waals surface area contributed by atoms with E-state index in [4.69, 9.17) is 4.74 Å². The molecule has 1 fully saturated rings. The highest BCUT2D eigenvalue weighted by Gasteiger charge is 2.24. The summed E-state index contributed by atoms with van der Waals surface area (Å²) in [6.07, 6.45) is 5.60. The van der Waals surface area contributed by atoms with E-state index in [0.717, 1.165) is 44.3 Å². The first-order chi connectivity index (χ1) is 10.7. The molecule has 0 saturated carbocycles. The summed E-state index contributed by atoms with van der Waals surface area (Å²) in [4.78, 5) is 16.5. The summed E-state index contributed by atoms with van der Waals surface area (Å²) in [5.74, 6) is 0.927. The molecular formula is C16H23N5O. The monoisotopic (exact) mass is 301 g/mol. The maximum absolute atomic E-state index is 5.89. The predicted octanol–water partition coefficient (Wildman–Crippen LogP) is 1.44. The average Bonchev–Trinajstić information content (AvgIpc) is 2.96. The molecule has 1 aliphatic rings. The number of hydrogen-bond acceptors (Lipinski definition) is 5. The molecule has 22 heavy (non-hydrogen) atoms. The third-order valence-electron chi connectivity index (χ3n) is 3.75. The van der Waals surface area contributed by atoms with E-state index in [-0.39, 0.29) is 6.10 Å². The highest BCUT2D eigenvalue weighted by molar-refractivity contribution is 5.10. The van der Waals surface area contributed by atoms with Gasteiger partial charge in [0.25, 0.3) is 0 Å². The van der Waals surface area contributed by atoms with Crippen LogP contribution < -0.4 is 0 Å². The maximum Gasteiger partial charge on any atom is 0.136 e. The molecule has 6 heteroatoms. The van der Waals surface area contributed by atoms with Gasteiger partial charge >= 0.3 is 0 Å². The Morgan fingerprint density at radius 3 is 2.95 bits per heavy atom. The summed E-state index contributed by atoms with van der Waals surface area (Å²) >= 11 is 0. The van der Waals surface area contributed by atoms with Crippen molar-refractivity contribution in [3.05, 3.63) is 47.8 Å². The molecule has 0 bridgehead atoms. The number of imidazole rings is 1. The molecule has 1 aliphatic heterocycles. The second-order valence-corrected chi connectivity index (χ2v) is 5.98. The van der Waals surface area contributed by atoms with Crippen LogP contribution in [-0.4, -0.2) is 58.5 Å². The van der Waals surface area contributed by atoms with Gasteiger partial charge in [-0.3, -0.25) is 9.88 Å². The van der Waals surface area contributed by atoms with Gasteiger partial charge in [0.15, 0.2) is 0 Å². The lowest BCUT2D eigenvalue weighted by molar-refractivity contribution is -0.0369. The van der Waals surface area contributed by atoms with Crippen LogP contribution in [0.5, 0.6) is 0 Å². The van der Waals surface area contributed by atoms with Crippen molar-refractivity contribution in [2.24, 2.45) is 0 Å². The van der Waals surface area contributed by atoms with Crippen molar-refractivity contribution in [3.8, 4) is 0 Å². The SMILES string of the molecule is CN(C)Cc1cnc([C@H]2CN(Cc3ccncc3)CCO2)[nH]1.